The standard InChI is InChI=1S/C21H26N2O3/c1-5-23(17-9-7-6-8-10-17)20(25)21(2,3)19(24)22-15-16-11-13-18(26-4)14-12-16/h6-14H,5,15H2,1-4H3,(H,22,24). The van der Waals surface area contributed by atoms with Gasteiger partial charge in [0.05, 0.1) is 7.11 Å². The van der Waals surface area contributed by atoms with Crippen LogP contribution in [0.25, 0.3) is 0 Å². The van der Waals surface area contributed by atoms with Gasteiger partial charge in [-0.3, -0.25) is 9.59 Å². The summed E-state index contributed by atoms with van der Waals surface area (Å²) in [4.78, 5) is 27.3. The average Bonchev–Trinajstić information content (AvgIpc) is 2.67. The zero-order chi connectivity index (χ0) is 19.2. The highest BCUT2D eigenvalue weighted by atomic mass is 16.5. The number of hydrogen-bond donors (Lipinski definition) is 1. The Morgan fingerprint density at radius 2 is 1.65 bits per heavy atom. The van der Waals surface area contributed by atoms with Crippen molar-refractivity contribution in [3.63, 3.8) is 0 Å². The van der Waals surface area contributed by atoms with Gasteiger partial charge < -0.3 is 15.0 Å². The van der Waals surface area contributed by atoms with E-state index in [1.165, 1.54) is 0 Å². The fourth-order valence-electron chi connectivity index (χ4n) is 2.63. The van der Waals surface area contributed by atoms with E-state index in [1.807, 2.05) is 61.5 Å². The van der Waals surface area contributed by atoms with Crippen molar-refractivity contribution in [1.29, 1.82) is 0 Å². The van der Waals surface area contributed by atoms with Gasteiger partial charge in [0.25, 0.3) is 0 Å². The lowest BCUT2D eigenvalue weighted by molar-refractivity contribution is -0.139. The van der Waals surface area contributed by atoms with Crippen LogP contribution in [0.3, 0.4) is 0 Å². The Morgan fingerprint density at radius 1 is 1.04 bits per heavy atom. The number of ether oxygens (including phenoxy) is 1. The number of amides is 2. The van der Waals surface area contributed by atoms with Crippen LogP contribution < -0.4 is 15.0 Å². The van der Waals surface area contributed by atoms with Crippen molar-refractivity contribution < 1.29 is 14.3 Å². The Bertz CT molecular complexity index is 740. The third-order valence-corrected chi connectivity index (χ3v) is 4.34. The minimum absolute atomic E-state index is 0.224. The molecule has 2 aromatic carbocycles. The van der Waals surface area contributed by atoms with Crippen molar-refractivity contribution in [2.45, 2.75) is 27.3 Å². The first kappa shape index (κ1) is 19.5. The topological polar surface area (TPSA) is 58.6 Å². The van der Waals surface area contributed by atoms with Gasteiger partial charge in [0.2, 0.25) is 11.8 Å². The second kappa shape index (κ2) is 8.52. The van der Waals surface area contributed by atoms with Crippen LogP contribution in [0.5, 0.6) is 5.75 Å². The highest BCUT2D eigenvalue weighted by Gasteiger charge is 2.39. The Kier molecular flexibility index (Phi) is 6.39. The highest BCUT2D eigenvalue weighted by molar-refractivity contribution is 6.10. The Morgan fingerprint density at radius 3 is 2.19 bits per heavy atom. The van der Waals surface area contributed by atoms with Gasteiger partial charge in [-0.25, -0.2) is 0 Å². The van der Waals surface area contributed by atoms with Crippen molar-refractivity contribution in [3.8, 4) is 5.75 Å². The fraction of sp³-hybridized carbons (Fsp3) is 0.333. The second-order valence-corrected chi connectivity index (χ2v) is 6.54. The minimum Gasteiger partial charge on any atom is -0.497 e. The summed E-state index contributed by atoms with van der Waals surface area (Å²) in [5, 5.41) is 2.86. The van der Waals surface area contributed by atoms with Gasteiger partial charge in [-0.05, 0) is 50.6 Å². The van der Waals surface area contributed by atoms with Crippen molar-refractivity contribution in [2.24, 2.45) is 5.41 Å². The van der Waals surface area contributed by atoms with Gasteiger partial charge in [-0.1, -0.05) is 30.3 Å². The van der Waals surface area contributed by atoms with Crippen molar-refractivity contribution in [2.75, 3.05) is 18.6 Å². The molecule has 2 amide bonds. The monoisotopic (exact) mass is 354 g/mol. The molecular formula is C21H26N2O3. The predicted molar refractivity (Wildman–Crippen MR) is 103 cm³/mol. The molecule has 0 aliphatic rings. The maximum Gasteiger partial charge on any atom is 0.242 e. The zero-order valence-corrected chi connectivity index (χ0v) is 15.8. The molecule has 2 rings (SSSR count). The van der Waals surface area contributed by atoms with E-state index >= 15 is 0 Å². The van der Waals surface area contributed by atoms with E-state index in [9.17, 15) is 9.59 Å². The molecule has 0 aromatic heterocycles. The van der Waals surface area contributed by atoms with E-state index in [-0.39, 0.29) is 11.8 Å². The molecule has 0 aliphatic heterocycles. The van der Waals surface area contributed by atoms with Crippen LogP contribution in [0.4, 0.5) is 5.69 Å². The van der Waals surface area contributed by atoms with E-state index in [4.69, 9.17) is 4.74 Å². The van der Waals surface area contributed by atoms with Crippen molar-refractivity contribution in [1.82, 2.24) is 5.32 Å². The average molecular weight is 354 g/mol. The maximum absolute atomic E-state index is 13.0. The molecule has 5 heteroatoms. The molecule has 0 fully saturated rings. The molecule has 0 unspecified atom stereocenters. The number of nitrogens with one attached hydrogen (secondary N) is 1. The molecular weight excluding hydrogens is 328 g/mol. The zero-order valence-electron chi connectivity index (χ0n) is 15.8. The van der Waals surface area contributed by atoms with Gasteiger partial charge in [-0.15, -0.1) is 0 Å². The maximum atomic E-state index is 13.0. The number of rotatable bonds is 7. The van der Waals surface area contributed by atoms with Gasteiger partial charge in [0.1, 0.15) is 11.2 Å². The van der Waals surface area contributed by atoms with Gasteiger partial charge >= 0.3 is 0 Å². The molecule has 0 saturated carbocycles. The quantitative estimate of drug-likeness (QED) is 0.776. The molecule has 0 bridgehead atoms. The van der Waals surface area contributed by atoms with Crippen LogP contribution in [0.15, 0.2) is 54.6 Å². The highest BCUT2D eigenvalue weighted by Crippen LogP contribution is 2.24. The van der Waals surface area contributed by atoms with E-state index in [0.29, 0.717) is 13.1 Å². The lowest BCUT2D eigenvalue weighted by atomic mass is 9.89. The lowest BCUT2D eigenvalue weighted by Crippen LogP contribution is -2.49. The predicted octanol–water partition coefficient (Wildman–Crippen LogP) is 3.39. The van der Waals surface area contributed by atoms with Crippen LogP contribution >= 0.6 is 0 Å². The molecule has 0 heterocycles. The molecule has 0 spiro atoms. The largest absolute Gasteiger partial charge is 0.497 e. The van der Waals surface area contributed by atoms with Gasteiger partial charge in [-0.2, -0.15) is 0 Å². The second-order valence-electron chi connectivity index (χ2n) is 6.54. The number of carbonyl (C=O) groups is 2. The Balaban J connectivity index is 2.06. The third kappa shape index (κ3) is 4.42. The normalized spacial score (nSPS) is 10.9. The number of carbonyl (C=O) groups excluding carboxylic acids is 2. The first-order valence-corrected chi connectivity index (χ1v) is 8.68. The molecule has 138 valence electrons. The van der Waals surface area contributed by atoms with E-state index in [0.717, 1.165) is 17.0 Å². The molecule has 2 aromatic rings. The van der Waals surface area contributed by atoms with E-state index in [2.05, 4.69) is 5.32 Å². The SMILES string of the molecule is CCN(C(=O)C(C)(C)C(=O)NCc1ccc(OC)cc1)c1ccccc1. The lowest BCUT2D eigenvalue weighted by Gasteiger charge is -2.30. The van der Waals surface area contributed by atoms with Crippen LogP contribution in [-0.4, -0.2) is 25.5 Å². The minimum atomic E-state index is -1.17. The number of hydrogen-bond acceptors (Lipinski definition) is 3. The van der Waals surface area contributed by atoms with Crippen LogP contribution in [0, 0.1) is 5.41 Å². The molecule has 0 atom stereocenters. The molecule has 0 saturated heterocycles. The number of benzene rings is 2. The third-order valence-electron chi connectivity index (χ3n) is 4.34. The van der Waals surface area contributed by atoms with Crippen molar-refractivity contribution in [3.05, 3.63) is 60.2 Å². The van der Waals surface area contributed by atoms with Gasteiger partial charge in [0.15, 0.2) is 0 Å². The number of nitrogens with zero attached hydrogens (tertiary/aromatic N) is 1. The fourth-order valence-corrected chi connectivity index (χ4v) is 2.63. The molecule has 0 aliphatic carbocycles. The molecule has 1 N–H and O–H groups in total. The Labute approximate surface area is 155 Å². The van der Waals surface area contributed by atoms with Crippen LogP contribution in [0.1, 0.15) is 26.3 Å². The number of methoxy groups -OCH3 is 1. The molecule has 26 heavy (non-hydrogen) atoms. The number of para-hydroxylation sites is 1. The summed E-state index contributed by atoms with van der Waals surface area (Å²) in [5.41, 5.74) is 0.562. The molecule has 0 radical (unpaired) electrons. The summed E-state index contributed by atoms with van der Waals surface area (Å²) in [7, 11) is 1.61. The van der Waals surface area contributed by atoms with Crippen LogP contribution in [-0.2, 0) is 16.1 Å². The first-order chi connectivity index (χ1) is 12.4. The summed E-state index contributed by atoms with van der Waals surface area (Å²) in [6.07, 6.45) is 0. The summed E-state index contributed by atoms with van der Waals surface area (Å²) < 4.78 is 5.12. The summed E-state index contributed by atoms with van der Waals surface area (Å²) in [6, 6.07) is 16.8. The van der Waals surface area contributed by atoms with E-state index < -0.39 is 5.41 Å². The Hall–Kier alpha value is -2.82. The summed E-state index contributed by atoms with van der Waals surface area (Å²) in [6.45, 7) is 6.07. The van der Waals surface area contributed by atoms with Crippen LogP contribution in [0.2, 0.25) is 0 Å². The smallest absolute Gasteiger partial charge is 0.242 e. The van der Waals surface area contributed by atoms with Crippen molar-refractivity contribution >= 4 is 17.5 Å². The first-order valence-electron chi connectivity index (χ1n) is 8.68. The summed E-state index contributed by atoms with van der Waals surface area (Å²) in [5.74, 6) is 0.239. The summed E-state index contributed by atoms with van der Waals surface area (Å²) >= 11 is 0. The number of anilines is 1. The van der Waals surface area contributed by atoms with E-state index in [1.54, 1.807) is 25.9 Å². The molecule has 5 nitrogen and oxygen atoms in total. The van der Waals surface area contributed by atoms with Gasteiger partial charge in [0, 0.05) is 18.8 Å².